The van der Waals surface area contributed by atoms with Gasteiger partial charge in [0.2, 0.25) is 5.65 Å². The molecule has 4 rings (SSSR count). The molecule has 3 heterocycles. The van der Waals surface area contributed by atoms with Crippen molar-refractivity contribution >= 4 is 17.0 Å². The van der Waals surface area contributed by atoms with E-state index in [-0.39, 0.29) is 0 Å². The van der Waals surface area contributed by atoms with Gasteiger partial charge in [-0.2, -0.15) is 0 Å². The van der Waals surface area contributed by atoms with Crippen LogP contribution >= 0.6 is 0 Å². The molecule has 124 valence electrons. The second kappa shape index (κ2) is 6.37. The Labute approximate surface area is 135 Å². The third-order valence-corrected chi connectivity index (χ3v) is 5.00. The van der Waals surface area contributed by atoms with Gasteiger partial charge in [-0.25, -0.2) is 14.6 Å². The number of aryl methyl sites for hydroxylation is 1. The van der Waals surface area contributed by atoms with E-state index in [9.17, 15) is 0 Å². The molecule has 8 heteroatoms. The number of morpholine rings is 1. The Bertz CT molecular complexity index is 659. The highest BCUT2D eigenvalue weighted by Crippen LogP contribution is 2.27. The van der Waals surface area contributed by atoms with Crippen LogP contribution in [-0.4, -0.2) is 68.2 Å². The maximum Gasteiger partial charge on any atom is 0.207 e. The first kappa shape index (κ1) is 14.8. The lowest BCUT2D eigenvalue weighted by atomic mass is 9.90. The zero-order valence-electron chi connectivity index (χ0n) is 13.5. The molecule has 1 aliphatic heterocycles. The summed E-state index contributed by atoms with van der Waals surface area (Å²) in [5, 5.41) is 11.7. The lowest BCUT2D eigenvalue weighted by molar-refractivity contribution is 0.00791. The van der Waals surface area contributed by atoms with Gasteiger partial charge in [0.25, 0.3) is 0 Å². The lowest BCUT2D eigenvalue weighted by Gasteiger charge is -2.39. The third-order valence-electron chi connectivity index (χ3n) is 5.00. The highest BCUT2D eigenvalue weighted by Gasteiger charge is 2.27. The molecular weight excluding hydrogens is 294 g/mol. The van der Waals surface area contributed by atoms with Crippen LogP contribution in [0.4, 0.5) is 5.82 Å². The average molecular weight is 317 g/mol. The van der Waals surface area contributed by atoms with Crippen LogP contribution in [0, 0.1) is 0 Å². The highest BCUT2D eigenvalue weighted by atomic mass is 16.5. The number of ether oxygens (including phenoxy) is 1. The molecule has 0 bridgehead atoms. The lowest BCUT2D eigenvalue weighted by Crippen LogP contribution is -2.46. The predicted molar refractivity (Wildman–Crippen MR) is 86.2 cm³/mol. The van der Waals surface area contributed by atoms with Crippen LogP contribution in [0.1, 0.15) is 25.7 Å². The van der Waals surface area contributed by atoms with Gasteiger partial charge in [-0.3, -0.25) is 4.90 Å². The number of aromatic nitrogens is 5. The molecule has 0 unspecified atom stereocenters. The maximum atomic E-state index is 5.45. The fourth-order valence-corrected chi connectivity index (χ4v) is 3.72. The molecule has 0 spiro atoms. The largest absolute Gasteiger partial charge is 0.379 e. The fraction of sp³-hybridized carbons (Fsp3) is 0.733. The molecule has 1 aliphatic carbocycles. The van der Waals surface area contributed by atoms with Crippen molar-refractivity contribution in [1.82, 2.24) is 29.9 Å². The Hall–Kier alpha value is -1.80. The van der Waals surface area contributed by atoms with Crippen LogP contribution in [0.25, 0.3) is 11.2 Å². The van der Waals surface area contributed by atoms with Crippen LogP contribution in [0.2, 0.25) is 0 Å². The van der Waals surface area contributed by atoms with Gasteiger partial charge >= 0.3 is 0 Å². The summed E-state index contributed by atoms with van der Waals surface area (Å²) >= 11 is 0. The fourth-order valence-electron chi connectivity index (χ4n) is 3.72. The van der Waals surface area contributed by atoms with Crippen LogP contribution in [-0.2, 0) is 11.8 Å². The van der Waals surface area contributed by atoms with Gasteiger partial charge < -0.3 is 10.1 Å². The van der Waals surface area contributed by atoms with Crippen LogP contribution in [0.15, 0.2) is 6.33 Å². The normalized spacial score (nSPS) is 26.5. The first-order valence-corrected chi connectivity index (χ1v) is 8.40. The Balaban J connectivity index is 1.40. The number of fused-ring (bicyclic) bond motifs is 1. The van der Waals surface area contributed by atoms with Crippen molar-refractivity contribution in [2.75, 3.05) is 31.6 Å². The Morgan fingerprint density at radius 1 is 1.13 bits per heavy atom. The minimum atomic E-state index is 0.459. The van der Waals surface area contributed by atoms with Crippen molar-refractivity contribution in [2.45, 2.75) is 37.8 Å². The molecule has 1 N–H and O–H groups in total. The summed E-state index contributed by atoms with van der Waals surface area (Å²) < 4.78 is 7.19. The maximum absolute atomic E-state index is 5.45. The molecule has 0 amide bonds. The van der Waals surface area contributed by atoms with Gasteiger partial charge in [0.05, 0.1) is 13.2 Å². The Morgan fingerprint density at radius 3 is 2.70 bits per heavy atom. The molecule has 2 aliphatic rings. The van der Waals surface area contributed by atoms with Crippen molar-refractivity contribution in [3.63, 3.8) is 0 Å². The van der Waals surface area contributed by atoms with Crippen LogP contribution < -0.4 is 5.32 Å². The first-order chi connectivity index (χ1) is 11.3. The van der Waals surface area contributed by atoms with Gasteiger partial charge in [0, 0.05) is 32.2 Å². The minimum absolute atomic E-state index is 0.459. The zero-order valence-corrected chi connectivity index (χ0v) is 13.5. The van der Waals surface area contributed by atoms with Gasteiger partial charge in [-0.1, -0.05) is 5.21 Å². The predicted octanol–water partition coefficient (Wildman–Crippen LogP) is 0.814. The highest BCUT2D eigenvalue weighted by molar-refractivity contribution is 5.82. The number of nitrogens with one attached hydrogen (secondary N) is 1. The summed E-state index contributed by atoms with van der Waals surface area (Å²) in [5.41, 5.74) is 1.52. The molecule has 2 aromatic heterocycles. The van der Waals surface area contributed by atoms with E-state index >= 15 is 0 Å². The minimum Gasteiger partial charge on any atom is -0.379 e. The van der Waals surface area contributed by atoms with E-state index in [0.29, 0.717) is 17.7 Å². The van der Waals surface area contributed by atoms with E-state index in [0.717, 1.165) is 37.6 Å². The SMILES string of the molecule is Cn1nnc2ncnc(NC3CCC(N4CCOCC4)CC3)c21. The van der Waals surface area contributed by atoms with Crippen LogP contribution in [0.3, 0.4) is 0 Å². The smallest absolute Gasteiger partial charge is 0.207 e. The van der Waals surface area contributed by atoms with Crippen molar-refractivity contribution < 1.29 is 4.74 Å². The quantitative estimate of drug-likeness (QED) is 0.897. The number of anilines is 1. The van der Waals surface area contributed by atoms with E-state index in [1.165, 1.54) is 25.7 Å². The van der Waals surface area contributed by atoms with Gasteiger partial charge in [-0.15, -0.1) is 5.10 Å². The second-order valence-electron chi connectivity index (χ2n) is 6.41. The molecule has 0 atom stereocenters. The summed E-state index contributed by atoms with van der Waals surface area (Å²) in [7, 11) is 1.87. The molecule has 2 aromatic rings. The standard InChI is InChI=1S/C15H23N7O/c1-21-13-14(16-10-17-15(13)19-20-21)18-11-2-4-12(5-3-11)22-6-8-23-9-7-22/h10-12H,2-9H2,1H3,(H,16,17,18). The summed E-state index contributed by atoms with van der Waals surface area (Å²) in [6, 6.07) is 1.17. The molecule has 8 nitrogen and oxygen atoms in total. The van der Waals surface area contributed by atoms with Crippen molar-refractivity contribution in [3.05, 3.63) is 6.33 Å². The number of hydrogen-bond donors (Lipinski definition) is 1. The second-order valence-corrected chi connectivity index (χ2v) is 6.41. The van der Waals surface area contributed by atoms with Gasteiger partial charge in [0.15, 0.2) is 5.82 Å². The van der Waals surface area contributed by atoms with E-state index in [1.807, 2.05) is 7.05 Å². The van der Waals surface area contributed by atoms with E-state index in [4.69, 9.17) is 4.74 Å². The summed E-state index contributed by atoms with van der Waals surface area (Å²) in [4.78, 5) is 11.1. The third kappa shape index (κ3) is 3.00. The number of nitrogens with zero attached hydrogens (tertiary/aromatic N) is 6. The zero-order chi connectivity index (χ0) is 15.6. The van der Waals surface area contributed by atoms with Gasteiger partial charge in [0.1, 0.15) is 11.8 Å². The topological polar surface area (TPSA) is 81.0 Å². The van der Waals surface area contributed by atoms with Crippen molar-refractivity contribution in [3.8, 4) is 0 Å². The monoisotopic (exact) mass is 317 g/mol. The molecule has 23 heavy (non-hydrogen) atoms. The summed E-state index contributed by atoms with van der Waals surface area (Å²) in [5.74, 6) is 0.845. The molecule has 2 fully saturated rings. The van der Waals surface area contributed by atoms with Gasteiger partial charge in [-0.05, 0) is 25.7 Å². The summed E-state index contributed by atoms with van der Waals surface area (Å²) in [6.07, 6.45) is 6.35. The van der Waals surface area contributed by atoms with E-state index < -0.39 is 0 Å². The molecule has 0 aromatic carbocycles. The molecular formula is C15H23N7O. The van der Waals surface area contributed by atoms with E-state index in [2.05, 4.69) is 30.5 Å². The van der Waals surface area contributed by atoms with E-state index in [1.54, 1.807) is 11.0 Å². The van der Waals surface area contributed by atoms with Crippen molar-refractivity contribution in [2.24, 2.45) is 7.05 Å². The average Bonchev–Trinajstić information content (AvgIpc) is 2.99. The number of hydrogen-bond acceptors (Lipinski definition) is 7. The number of rotatable bonds is 3. The summed E-state index contributed by atoms with van der Waals surface area (Å²) in [6.45, 7) is 3.92. The molecule has 0 radical (unpaired) electrons. The molecule has 1 saturated heterocycles. The Morgan fingerprint density at radius 2 is 1.91 bits per heavy atom. The van der Waals surface area contributed by atoms with Crippen molar-refractivity contribution in [1.29, 1.82) is 0 Å². The molecule has 1 saturated carbocycles. The Kier molecular flexibility index (Phi) is 4.09. The van der Waals surface area contributed by atoms with Crippen LogP contribution in [0.5, 0.6) is 0 Å². The first-order valence-electron chi connectivity index (χ1n) is 8.40.